The number of rotatable bonds is 5. The first kappa shape index (κ1) is 17.0. The van der Waals surface area contributed by atoms with Gasteiger partial charge in [-0.05, 0) is 31.0 Å². The Balaban J connectivity index is 1.73. The van der Waals surface area contributed by atoms with Crippen LogP contribution < -0.4 is 19.7 Å². The molecule has 7 heteroatoms. The summed E-state index contributed by atoms with van der Waals surface area (Å²) in [5, 5.41) is 2.97. The molecule has 0 bridgehead atoms. The van der Waals surface area contributed by atoms with Crippen LogP contribution in [0.15, 0.2) is 36.7 Å². The van der Waals surface area contributed by atoms with E-state index in [0.29, 0.717) is 29.7 Å². The van der Waals surface area contributed by atoms with Gasteiger partial charge < -0.3 is 19.7 Å². The molecule has 1 saturated heterocycles. The van der Waals surface area contributed by atoms with Gasteiger partial charge >= 0.3 is 0 Å². The van der Waals surface area contributed by atoms with Crippen LogP contribution in [0.5, 0.6) is 11.5 Å². The Labute approximate surface area is 147 Å². The second-order valence-electron chi connectivity index (χ2n) is 5.86. The highest BCUT2D eigenvalue weighted by Gasteiger charge is 2.28. The van der Waals surface area contributed by atoms with Gasteiger partial charge in [0.05, 0.1) is 20.1 Å². The van der Waals surface area contributed by atoms with Crippen molar-refractivity contribution < 1.29 is 14.3 Å². The third-order valence-electron chi connectivity index (χ3n) is 4.30. The van der Waals surface area contributed by atoms with Crippen molar-refractivity contribution >= 4 is 17.5 Å². The topological polar surface area (TPSA) is 76.6 Å². The van der Waals surface area contributed by atoms with Gasteiger partial charge in [-0.25, -0.2) is 9.97 Å². The first-order chi connectivity index (χ1) is 12.2. The average molecular weight is 342 g/mol. The van der Waals surface area contributed by atoms with Crippen LogP contribution in [0.3, 0.4) is 0 Å². The highest BCUT2D eigenvalue weighted by atomic mass is 16.5. The summed E-state index contributed by atoms with van der Waals surface area (Å²) in [6, 6.07) is 7.19. The van der Waals surface area contributed by atoms with Crippen LogP contribution in [-0.4, -0.2) is 43.2 Å². The molecule has 2 heterocycles. The van der Waals surface area contributed by atoms with Crippen LogP contribution in [0.2, 0.25) is 0 Å². The van der Waals surface area contributed by atoms with Crippen molar-refractivity contribution in [2.45, 2.75) is 12.8 Å². The van der Waals surface area contributed by atoms with Crippen LogP contribution in [-0.2, 0) is 4.79 Å². The standard InChI is InChI=1S/C18H22N4O3/c1-24-14-7-3-8-15(25-2)16(14)21-17(23)13-6-4-11-22(12-13)18-19-9-5-10-20-18/h3,5,7-10,13H,4,6,11-12H2,1-2H3,(H,21,23)/t13-/m1/s1. The molecule has 0 unspecified atom stereocenters. The summed E-state index contributed by atoms with van der Waals surface area (Å²) in [6.07, 6.45) is 5.17. The van der Waals surface area contributed by atoms with Gasteiger partial charge in [0.1, 0.15) is 17.2 Å². The number of carbonyl (C=O) groups excluding carboxylic acids is 1. The summed E-state index contributed by atoms with van der Waals surface area (Å²) in [4.78, 5) is 23.4. The molecule has 1 N–H and O–H groups in total. The largest absolute Gasteiger partial charge is 0.494 e. The molecular formula is C18H22N4O3. The highest BCUT2D eigenvalue weighted by Crippen LogP contribution is 2.35. The first-order valence-electron chi connectivity index (χ1n) is 8.26. The number of nitrogens with zero attached hydrogens (tertiary/aromatic N) is 3. The van der Waals surface area contributed by atoms with Gasteiger partial charge in [-0.2, -0.15) is 0 Å². The molecule has 0 aliphatic carbocycles. The van der Waals surface area contributed by atoms with Crippen LogP contribution in [0.25, 0.3) is 0 Å². The summed E-state index contributed by atoms with van der Waals surface area (Å²) < 4.78 is 10.7. The second kappa shape index (κ2) is 7.83. The van der Waals surface area contributed by atoms with E-state index in [0.717, 1.165) is 19.4 Å². The van der Waals surface area contributed by atoms with Crippen molar-refractivity contribution in [3.8, 4) is 11.5 Å². The summed E-state index contributed by atoms with van der Waals surface area (Å²) in [7, 11) is 3.14. The summed E-state index contributed by atoms with van der Waals surface area (Å²) in [6.45, 7) is 1.44. The molecule has 0 saturated carbocycles. The monoisotopic (exact) mass is 342 g/mol. The molecule has 1 aliphatic rings. The van der Waals surface area contributed by atoms with Gasteiger partial charge in [0.15, 0.2) is 0 Å². The molecule has 2 aromatic rings. The molecule has 3 rings (SSSR count). The summed E-state index contributed by atoms with van der Waals surface area (Å²) in [5.74, 6) is 1.61. The van der Waals surface area contributed by atoms with Crippen molar-refractivity contribution in [3.05, 3.63) is 36.7 Å². The second-order valence-corrected chi connectivity index (χ2v) is 5.86. The van der Waals surface area contributed by atoms with E-state index in [4.69, 9.17) is 9.47 Å². The third-order valence-corrected chi connectivity index (χ3v) is 4.30. The number of hydrogen-bond acceptors (Lipinski definition) is 6. The number of anilines is 2. The Kier molecular flexibility index (Phi) is 5.33. The number of ether oxygens (including phenoxy) is 2. The van der Waals surface area contributed by atoms with Gasteiger partial charge in [0, 0.05) is 25.5 Å². The fourth-order valence-corrected chi connectivity index (χ4v) is 3.03. The SMILES string of the molecule is COc1cccc(OC)c1NC(=O)[C@@H]1CCCN(c2ncccn2)C1. The smallest absolute Gasteiger partial charge is 0.229 e. The van der Waals surface area contributed by atoms with Crippen LogP contribution in [0, 0.1) is 5.92 Å². The number of methoxy groups -OCH3 is 2. The molecule has 132 valence electrons. The van der Waals surface area contributed by atoms with E-state index in [1.54, 1.807) is 44.8 Å². The molecule has 1 aliphatic heterocycles. The predicted molar refractivity (Wildman–Crippen MR) is 95.1 cm³/mol. The van der Waals surface area contributed by atoms with Crippen molar-refractivity contribution in [2.24, 2.45) is 5.92 Å². The molecule has 0 radical (unpaired) electrons. The Morgan fingerprint density at radius 1 is 1.16 bits per heavy atom. The number of amides is 1. The van der Waals surface area contributed by atoms with Crippen molar-refractivity contribution in [1.82, 2.24) is 9.97 Å². The van der Waals surface area contributed by atoms with Crippen molar-refractivity contribution in [1.29, 1.82) is 0 Å². The number of benzene rings is 1. The molecule has 1 aromatic heterocycles. The maximum absolute atomic E-state index is 12.8. The van der Waals surface area contributed by atoms with Gasteiger partial charge in [0.25, 0.3) is 0 Å². The first-order valence-corrected chi connectivity index (χ1v) is 8.26. The van der Waals surface area contributed by atoms with Gasteiger partial charge in [-0.3, -0.25) is 4.79 Å². The Morgan fingerprint density at radius 3 is 2.48 bits per heavy atom. The minimum atomic E-state index is -0.146. The van der Waals surface area contributed by atoms with Gasteiger partial charge in [0.2, 0.25) is 11.9 Å². The van der Waals surface area contributed by atoms with E-state index in [2.05, 4.69) is 15.3 Å². The predicted octanol–water partition coefficient (Wildman–Crippen LogP) is 2.35. The Hall–Kier alpha value is -2.83. The number of aromatic nitrogens is 2. The van der Waals surface area contributed by atoms with Gasteiger partial charge in [-0.1, -0.05) is 6.07 Å². The minimum Gasteiger partial charge on any atom is -0.494 e. The molecule has 7 nitrogen and oxygen atoms in total. The lowest BCUT2D eigenvalue weighted by atomic mass is 9.97. The van der Waals surface area contributed by atoms with Gasteiger partial charge in [-0.15, -0.1) is 0 Å². The average Bonchev–Trinajstić information content (AvgIpc) is 2.69. The third kappa shape index (κ3) is 3.81. The molecule has 25 heavy (non-hydrogen) atoms. The van der Waals surface area contributed by atoms with Crippen LogP contribution >= 0.6 is 0 Å². The number of nitrogens with one attached hydrogen (secondary N) is 1. The quantitative estimate of drug-likeness (QED) is 0.899. The van der Waals surface area contributed by atoms with E-state index in [1.165, 1.54) is 0 Å². The lowest BCUT2D eigenvalue weighted by molar-refractivity contribution is -0.120. The van der Waals surface area contributed by atoms with E-state index >= 15 is 0 Å². The van der Waals surface area contributed by atoms with Crippen LogP contribution in [0.1, 0.15) is 12.8 Å². The van der Waals surface area contributed by atoms with E-state index in [-0.39, 0.29) is 11.8 Å². The fraction of sp³-hybridized carbons (Fsp3) is 0.389. The van der Waals surface area contributed by atoms with Crippen molar-refractivity contribution in [3.63, 3.8) is 0 Å². The lowest BCUT2D eigenvalue weighted by Crippen LogP contribution is -2.41. The number of carbonyl (C=O) groups is 1. The zero-order valence-electron chi connectivity index (χ0n) is 14.4. The lowest BCUT2D eigenvalue weighted by Gasteiger charge is -2.32. The molecule has 1 fully saturated rings. The number of para-hydroxylation sites is 1. The Morgan fingerprint density at radius 2 is 1.84 bits per heavy atom. The van der Waals surface area contributed by atoms with Crippen molar-refractivity contribution in [2.75, 3.05) is 37.5 Å². The zero-order chi connectivity index (χ0) is 17.6. The Bertz CT molecular complexity index is 701. The number of hydrogen-bond donors (Lipinski definition) is 1. The molecule has 1 amide bonds. The fourth-order valence-electron chi connectivity index (χ4n) is 3.03. The molecular weight excluding hydrogens is 320 g/mol. The normalized spacial score (nSPS) is 17.0. The zero-order valence-corrected chi connectivity index (χ0v) is 14.4. The maximum Gasteiger partial charge on any atom is 0.229 e. The molecule has 1 aromatic carbocycles. The highest BCUT2D eigenvalue weighted by molar-refractivity contribution is 5.96. The van der Waals surface area contributed by atoms with E-state index < -0.39 is 0 Å². The maximum atomic E-state index is 12.8. The van der Waals surface area contributed by atoms with E-state index in [1.807, 2.05) is 11.0 Å². The minimum absolute atomic E-state index is 0.0524. The molecule has 0 spiro atoms. The summed E-state index contributed by atoms with van der Waals surface area (Å²) >= 11 is 0. The van der Waals surface area contributed by atoms with E-state index in [9.17, 15) is 4.79 Å². The van der Waals surface area contributed by atoms with Crippen LogP contribution in [0.4, 0.5) is 11.6 Å². The molecule has 1 atom stereocenters. The summed E-state index contributed by atoms with van der Waals surface area (Å²) in [5.41, 5.74) is 0.561. The number of piperidine rings is 1.